The van der Waals surface area contributed by atoms with Crippen LogP contribution in [-0.2, 0) is 7.05 Å². The fraction of sp³-hybridized carbons (Fsp3) is 0.133. The van der Waals surface area contributed by atoms with Gasteiger partial charge in [-0.1, -0.05) is 17.7 Å². The Kier molecular flexibility index (Phi) is 3.06. The Hall–Kier alpha value is -2.89. The largest absolute Gasteiger partial charge is 0.417 e. The van der Waals surface area contributed by atoms with E-state index in [-0.39, 0.29) is 5.76 Å². The molecule has 0 aliphatic rings. The summed E-state index contributed by atoms with van der Waals surface area (Å²) in [4.78, 5) is 24.0. The highest BCUT2D eigenvalue weighted by Gasteiger charge is 2.13. The van der Waals surface area contributed by atoms with Crippen molar-refractivity contribution in [2.45, 2.75) is 6.92 Å². The van der Waals surface area contributed by atoms with Crippen molar-refractivity contribution in [3.8, 4) is 0 Å². The molecule has 0 aliphatic heterocycles. The van der Waals surface area contributed by atoms with E-state index in [0.29, 0.717) is 16.6 Å². The van der Waals surface area contributed by atoms with Crippen LogP contribution in [0.4, 0.5) is 5.82 Å². The zero-order chi connectivity index (χ0) is 15.0. The summed E-state index contributed by atoms with van der Waals surface area (Å²) in [6.45, 7) is 1.89. The summed E-state index contributed by atoms with van der Waals surface area (Å²) in [5.74, 6) is -0.149. The smallest absolute Gasteiger partial charge is 0.344 e. The number of benzene rings is 1. The predicted octanol–water partition coefficient (Wildman–Crippen LogP) is 2.09. The molecular formula is C15H13N3O3. The molecule has 0 radical (unpaired) electrons. The van der Waals surface area contributed by atoms with Gasteiger partial charge in [0.05, 0.1) is 5.39 Å². The van der Waals surface area contributed by atoms with Gasteiger partial charge < -0.3 is 9.73 Å². The van der Waals surface area contributed by atoms with Crippen LogP contribution in [0.1, 0.15) is 16.1 Å². The summed E-state index contributed by atoms with van der Waals surface area (Å²) in [5, 5.41) is 7.75. The topological polar surface area (TPSA) is 77.1 Å². The Morgan fingerprint density at radius 1 is 1.29 bits per heavy atom. The molecule has 6 nitrogen and oxygen atoms in total. The number of carbonyl (C=O) groups excluding carboxylic acids is 1. The monoisotopic (exact) mass is 283 g/mol. The zero-order valence-electron chi connectivity index (χ0n) is 11.6. The number of rotatable bonds is 2. The highest BCUT2D eigenvalue weighted by Crippen LogP contribution is 2.15. The van der Waals surface area contributed by atoms with Crippen LogP contribution >= 0.6 is 0 Å². The van der Waals surface area contributed by atoms with Crippen molar-refractivity contribution in [2.75, 3.05) is 5.32 Å². The molecule has 1 amide bonds. The van der Waals surface area contributed by atoms with Crippen LogP contribution in [0.3, 0.4) is 0 Å². The molecule has 0 atom stereocenters. The minimum absolute atomic E-state index is 0.0398. The third-order valence-corrected chi connectivity index (χ3v) is 3.10. The molecule has 0 unspecified atom stereocenters. The molecule has 0 saturated carbocycles. The molecule has 0 bridgehead atoms. The van der Waals surface area contributed by atoms with Gasteiger partial charge in [0.25, 0.3) is 5.91 Å². The van der Waals surface area contributed by atoms with Crippen LogP contribution < -0.4 is 10.9 Å². The maximum atomic E-state index is 12.1. The molecule has 3 rings (SSSR count). The number of hydrogen-bond donors (Lipinski definition) is 1. The Balaban J connectivity index is 1.98. The van der Waals surface area contributed by atoms with Gasteiger partial charge in [0.15, 0.2) is 11.6 Å². The van der Waals surface area contributed by atoms with Crippen LogP contribution in [0, 0.1) is 6.92 Å². The second kappa shape index (κ2) is 4.90. The lowest BCUT2D eigenvalue weighted by Gasteiger charge is -2.03. The van der Waals surface area contributed by atoms with E-state index >= 15 is 0 Å². The standard InChI is InChI=1S/C15H13N3O3/c1-9-3-4-10-8-12(21-15(20)11(10)7-9)14(19)16-13-5-6-18(2)17-13/h3-8H,1-2H3,(H,16,17,19). The summed E-state index contributed by atoms with van der Waals surface area (Å²) in [6, 6.07) is 8.61. The van der Waals surface area contributed by atoms with Gasteiger partial charge in [-0.3, -0.25) is 9.48 Å². The van der Waals surface area contributed by atoms with E-state index in [0.717, 1.165) is 5.56 Å². The maximum Gasteiger partial charge on any atom is 0.344 e. The van der Waals surface area contributed by atoms with Gasteiger partial charge in [-0.05, 0) is 24.4 Å². The average Bonchev–Trinajstić information content (AvgIpc) is 2.84. The number of nitrogens with one attached hydrogen (secondary N) is 1. The molecule has 106 valence electrons. The molecule has 1 N–H and O–H groups in total. The summed E-state index contributed by atoms with van der Waals surface area (Å²) in [6.07, 6.45) is 1.70. The van der Waals surface area contributed by atoms with Crippen LogP contribution in [0.15, 0.2) is 45.7 Å². The van der Waals surface area contributed by atoms with Gasteiger partial charge in [0.2, 0.25) is 0 Å². The summed E-state index contributed by atoms with van der Waals surface area (Å²) in [7, 11) is 1.74. The number of hydrogen-bond acceptors (Lipinski definition) is 4. The summed E-state index contributed by atoms with van der Waals surface area (Å²) in [5.41, 5.74) is 0.433. The maximum absolute atomic E-state index is 12.1. The summed E-state index contributed by atoms with van der Waals surface area (Å²) < 4.78 is 6.65. The molecule has 3 aromatic rings. The second-order valence-corrected chi connectivity index (χ2v) is 4.82. The van der Waals surface area contributed by atoms with E-state index in [1.165, 1.54) is 0 Å². The fourth-order valence-corrected chi connectivity index (χ4v) is 2.07. The van der Waals surface area contributed by atoms with Crippen LogP contribution in [0.25, 0.3) is 10.8 Å². The highest BCUT2D eigenvalue weighted by molar-refractivity contribution is 6.03. The van der Waals surface area contributed by atoms with Gasteiger partial charge >= 0.3 is 5.63 Å². The first-order valence-corrected chi connectivity index (χ1v) is 6.38. The fourth-order valence-electron chi connectivity index (χ4n) is 2.07. The Bertz CT molecular complexity index is 893. The van der Waals surface area contributed by atoms with E-state index in [4.69, 9.17) is 4.42 Å². The van der Waals surface area contributed by atoms with E-state index in [2.05, 4.69) is 10.4 Å². The molecule has 0 spiro atoms. The minimum Gasteiger partial charge on any atom is -0.417 e. The molecule has 2 heterocycles. The van der Waals surface area contributed by atoms with Crippen LogP contribution in [-0.4, -0.2) is 15.7 Å². The van der Waals surface area contributed by atoms with Gasteiger partial charge in [0, 0.05) is 19.3 Å². The molecule has 0 saturated heterocycles. The SMILES string of the molecule is Cc1ccc2cc(C(=O)Nc3ccn(C)n3)oc(=O)c2c1. The number of fused-ring (bicyclic) bond motifs is 1. The Labute approximate surface area is 120 Å². The summed E-state index contributed by atoms with van der Waals surface area (Å²) >= 11 is 0. The highest BCUT2D eigenvalue weighted by atomic mass is 16.4. The average molecular weight is 283 g/mol. The first-order chi connectivity index (χ1) is 10.0. The molecule has 0 fully saturated rings. The lowest BCUT2D eigenvalue weighted by molar-refractivity contribution is 0.0992. The minimum atomic E-state index is -0.526. The zero-order valence-corrected chi connectivity index (χ0v) is 11.6. The van der Waals surface area contributed by atoms with Gasteiger partial charge in [-0.2, -0.15) is 5.10 Å². The lowest BCUT2D eigenvalue weighted by atomic mass is 10.1. The van der Waals surface area contributed by atoms with E-state index in [1.807, 2.05) is 13.0 Å². The van der Waals surface area contributed by atoms with Gasteiger partial charge in [-0.15, -0.1) is 0 Å². The Morgan fingerprint density at radius 3 is 2.81 bits per heavy atom. The third-order valence-electron chi connectivity index (χ3n) is 3.10. The van der Waals surface area contributed by atoms with Crippen molar-refractivity contribution in [3.63, 3.8) is 0 Å². The number of anilines is 1. The first kappa shape index (κ1) is 13.1. The predicted molar refractivity (Wildman–Crippen MR) is 78.4 cm³/mol. The molecular weight excluding hydrogens is 270 g/mol. The van der Waals surface area contributed by atoms with Gasteiger partial charge in [-0.25, -0.2) is 4.79 Å². The van der Waals surface area contributed by atoms with Gasteiger partial charge in [0.1, 0.15) is 0 Å². The van der Waals surface area contributed by atoms with E-state index in [9.17, 15) is 9.59 Å². The first-order valence-electron chi connectivity index (χ1n) is 6.38. The number of aryl methyl sites for hydroxylation is 2. The lowest BCUT2D eigenvalue weighted by Crippen LogP contribution is -2.15. The third kappa shape index (κ3) is 2.55. The van der Waals surface area contributed by atoms with E-state index in [1.54, 1.807) is 42.2 Å². The van der Waals surface area contributed by atoms with Crippen molar-refractivity contribution in [2.24, 2.45) is 7.05 Å². The van der Waals surface area contributed by atoms with Crippen LogP contribution in [0.2, 0.25) is 0 Å². The number of nitrogens with zero attached hydrogens (tertiary/aromatic N) is 2. The van der Waals surface area contributed by atoms with Crippen molar-refractivity contribution in [3.05, 3.63) is 58.3 Å². The quantitative estimate of drug-likeness (QED) is 0.781. The molecule has 21 heavy (non-hydrogen) atoms. The normalized spacial score (nSPS) is 10.8. The number of amides is 1. The van der Waals surface area contributed by atoms with Crippen molar-refractivity contribution in [1.29, 1.82) is 0 Å². The van der Waals surface area contributed by atoms with Crippen molar-refractivity contribution in [1.82, 2.24) is 9.78 Å². The molecule has 2 aromatic heterocycles. The van der Waals surface area contributed by atoms with Crippen molar-refractivity contribution >= 4 is 22.5 Å². The van der Waals surface area contributed by atoms with Crippen LogP contribution in [0.5, 0.6) is 0 Å². The number of aromatic nitrogens is 2. The Morgan fingerprint density at radius 2 is 2.10 bits per heavy atom. The second-order valence-electron chi connectivity index (χ2n) is 4.82. The molecule has 0 aliphatic carbocycles. The van der Waals surface area contributed by atoms with E-state index < -0.39 is 11.5 Å². The van der Waals surface area contributed by atoms with Crippen molar-refractivity contribution < 1.29 is 9.21 Å². The molecule has 6 heteroatoms. The number of carbonyl (C=O) groups is 1. The molecule has 1 aromatic carbocycles.